The van der Waals surface area contributed by atoms with E-state index in [4.69, 9.17) is 21.8 Å². The Bertz CT molecular complexity index is 1170. The molecule has 0 saturated carbocycles. The molecule has 0 saturated heterocycles. The number of hydrogen-bond donors (Lipinski definition) is 3. The van der Waals surface area contributed by atoms with Crippen LogP contribution in [0.3, 0.4) is 0 Å². The predicted molar refractivity (Wildman–Crippen MR) is 110 cm³/mol. The van der Waals surface area contributed by atoms with Gasteiger partial charge in [-0.2, -0.15) is 0 Å². The number of fused-ring (bicyclic) bond motifs is 3. The van der Waals surface area contributed by atoms with Crippen LogP contribution in [-0.4, -0.2) is 16.0 Å². The maximum atomic E-state index is 12.9. The number of nitrogens with two attached hydrogens (primary N) is 1. The molecule has 0 radical (unpaired) electrons. The molecule has 0 aliphatic heterocycles. The summed E-state index contributed by atoms with van der Waals surface area (Å²) in [5, 5.41) is 14.4. The zero-order valence-electron chi connectivity index (χ0n) is 13.1. The van der Waals surface area contributed by atoms with Crippen molar-refractivity contribution in [1.29, 1.82) is 0 Å². The molecule has 2 aromatic heterocycles. The van der Waals surface area contributed by atoms with Crippen LogP contribution < -0.4 is 11.1 Å². The molecule has 0 atom stereocenters. The minimum absolute atomic E-state index is 0.0529. The third kappa shape index (κ3) is 2.73. The minimum atomic E-state index is -0.383. The highest BCUT2D eigenvalue weighted by Crippen LogP contribution is 2.38. The number of carbonyl (C=O) groups excluding carboxylic acids is 1. The zero-order valence-corrected chi connectivity index (χ0v) is 16.0. The number of hydrogen-bond acceptors (Lipinski definition) is 5. The van der Waals surface area contributed by atoms with Gasteiger partial charge in [0.25, 0.3) is 5.91 Å². The number of benzene rings is 2. The monoisotopic (exact) mass is 479 g/mol. The highest BCUT2D eigenvalue weighted by molar-refractivity contribution is 14.1. The molecule has 26 heavy (non-hydrogen) atoms. The Kier molecular flexibility index (Phi) is 4.12. The summed E-state index contributed by atoms with van der Waals surface area (Å²) in [5.41, 5.74) is 7.97. The first-order chi connectivity index (χ1) is 12.5. The van der Waals surface area contributed by atoms with Crippen LogP contribution in [0, 0.1) is 3.57 Å². The van der Waals surface area contributed by atoms with E-state index in [2.05, 4.69) is 10.3 Å². The lowest BCUT2D eigenvalue weighted by Gasteiger charge is -2.10. The second-order valence-corrected chi connectivity index (χ2v) is 7.20. The molecule has 130 valence electrons. The van der Waals surface area contributed by atoms with Gasteiger partial charge in [-0.1, -0.05) is 11.6 Å². The van der Waals surface area contributed by atoms with E-state index in [1.165, 1.54) is 18.3 Å². The van der Waals surface area contributed by atoms with Gasteiger partial charge in [0.15, 0.2) is 11.3 Å². The van der Waals surface area contributed by atoms with Gasteiger partial charge < -0.3 is 20.6 Å². The Labute approximate surface area is 166 Å². The van der Waals surface area contributed by atoms with Crippen molar-refractivity contribution in [2.24, 2.45) is 0 Å². The molecule has 0 aliphatic carbocycles. The van der Waals surface area contributed by atoms with E-state index in [0.717, 1.165) is 0 Å². The maximum Gasteiger partial charge on any atom is 0.256 e. The highest BCUT2D eigenvalue weighted by atomic mass is 127. The van der Waals surface area contributed by atoms with Crippen LogP contribution in [0.1, 0.15) is 10.4 Å². The standard InChI is InChI=1S/C18H11ClIN3O3/c19-11-6-22-7-12(20)16(11)23-18(25)9-2-3-13(24)17-15(9)10-5-8(21)1-4-14(10)26-17/h1-7,24H,21H2,(H,22,23,25). The van der Waals surface area contributed by atoms with E-state index >= 15 is 0 Å². The van der Waals surface area contributed by atoms with Gasteiger partial charge in [0.2, 0.25) is 0 Å². The molecule has 8 heteroatoms. The highest BCUT2D eigenvalue weighted by Gasteiger charge is 2.20. The van der Waals surface area contributed by atoms with Crippen molar-refractivity contribution >= 4 is 73.4 Å². The molecule has 6 nitrogen and oxygen atoms in total. The van der Waals surface area contributed by atoms with E-state index in [9.17, 15) is 9.90 Å². The molecule has 4 rings (SSSR count). The Morgan fingerprint density at radius 3 is 2.85 bits per heavy atom. The number of carbonyl (C=O) groups is 1. The average Bonchev–Trinajstić information content (AvgIpc) is 2.98. The summed E-state index contributed by atoms with van der Waals surface area (Å²) >= 11 is 8.18. The maximum absolute atomic E-state index is 12.9. The number of aromatic nitrogens is 1. The van der Waals surface area contributed by atoms with Crippen molar-refractivity contribution < 1.29 is 14.3 Å². The van der Waals surface area contributed by atoms with Crippen LogP contribution in [0.2, 0.25) is 5.02 Å². The molecule has 4 N–H and O–H groups in total. The molecule has 0 unspecified atom stereocenters. The van der Waals surface area contributed by atoms with E-state index in [1.54, 1.807) is 24.4 Å². The SMILES string of the molecule is Nc1ccc2oc3c(O)ccc(C(=O)Nc4c(Cl)cncc4I)c3c2c1. The van der Waals surface area contributed by atoms with Gasteiger partial charge in [-0.15, -0.1) is 0 Å². The predicted octanol–water partition coefficient (Wildman–Crippen LogP) is 4.78. The summed E-state index contributed by atoms with van der Waals surface area (Å²) in [5.74, 6) is -0.436. The Morgan fingerprint density at radius 1 is 1.27 bits per heavy atom. The molecule has 1 amide bonds. The fourth-order valence-corrected chi connectivity index (χ4v) is 3.74. The Morgan fingerprint density at radius 2 is 2.08 bits per heavy atom. The fraction of sp³-hybridized carbons (Fsp3) is 0. The third-order valence-corrected chi connectivity index (χ3v) is 5.06. The number of phenolic OH excluding ortho intramolecular Hbond substituents is 1. The second-order valence-electron chi connectivity index (χ2n) is 5.63. The average molecular weight is 480 g/mol. The molecular formula is C18H11ClIN3O3. The molecule has 0 spiro atoms. The smallest absolute Gasteiger partial charge is 0.256 e. The van der Waals surface area contributed by atoms with Crippen molar-refractivity contribution in [3.8, 4) is 5.75 Å². The van der Waals surface area contributed by atoms with E-state index in [1.807, 2.05) is 22.6 Å². The van der Waals surface area contributed by atoms with Crippen molar-refractivity contribution in [2.45, 2.75) is 0 Å². The number of nitrogens with zero attached hydrogens (tertiary/aromatic N) is 1. The summed E-state index contributed by atoms with van der Waals surface area (Å²) in [6.45, 7) is 0. The van der Waals surface area contributed by atoms with Crippen molar-refractivity contribution in [3.63, 3.8) is 0 Å². The minimum Gasteiger partial charge on any atom is -0.504 e. The topological polar surface area (TPSA) is 101 Å². The number of phenols is 1. The summed E-state index contributed by atoms with van der Waals surface area (Å²) in [4.78, 5) is 16.9. The van der Waals surface area contributed by atoms with Gasteiger partial charge in [0.05, 0.1) is 19.8 Å². The third-order valence-electron chi connectivity index (χ3n) is 3.96. The van der Waals surface area contributed by atoms with Crippen molar-refractivity contribution in [1.82, 2.24) is 4.98 Å². The van der Waals surface area contributed by atoms with E-state index in [-0.39, 0.29) is 17.2 Å². The lowest BCUT2D eigenvalue weighted by Crippen LogP contribution is -2.13. The number of furan rings is 1. The molecule has 0 fully saturated rings. The van der Waals surface area contributed by atoms with Crippen molar-refractivity contribution in [3.05, 3.63) is 56.9 Å². The first-order valence-electron chi connectivity index (χ1n) is 7.50. The number of aromatic hydroxyl groups is 1. The Hall–Kier alpha value is -2.52. The van der Waals surface area contributed by atoms with Crippen LogP contribution in [0.25, 0.3) is 21.9 Å². The first kappa shape index (κ1) is 16.9. The molecule has 2 aromatic carbocycles. The first-order valence-corrected chi connectivity index (χ1v) is 8.95. The second kappa shape index (κ2) is 6.33. The summed E-state index contributed by atoms with van der Waals surface area (Å²) in [7, 11) is 0. The molecule has 2 heterocycles. The largest absolute Gasteiger partial charge is 0.504 e. The number of amides is 1. The van der Waals surface area contributed by atoms with Crippen LogP contribution >= 0.6 is 34.2 Å². The normalized spacial score (nSPS) is 11.2. The van der Waals surface area contributed by atoms with Gasteiger partial charge in [0.1, 0.15) is 5.58 Å². The summed E-state index contributed by atoms with van der Waals surface area (Å²) < 4.78 is 6.41. The zero-order chi connectivity index (χ0) is 18.4. The van der Waals surface area contributed by atoms with Crippen LogP contribution in [0.5, 0.6) is 5.75 Å². The van der Waals surface area contributed by atoms with Gasteiger partial charge in [0, 0.05) is 28.9 Å². The lowest BCUT2D eigenvalue weighted by molar-refractivity contribution is 0.102. The van der Waals surface area contributed by atoms with Crippen molar-refractivity contribution in [2.75, 3.05) is 11.1 Å². The number of pyridine rings is 1. The molecular weight excluding hydrogens is 469 g/mol. The number of anilines is 2. The lowest BCUT2D eigenvalue weighted by atomic mass is 10.0. The molecule has 0 bridgehead atoms. The van der Waals surface area contributed by atoms with Gasteiger partial charge in [-0.05, 0) is 52.9 Å². The van der Waals surface area contributed by atoms with Gasteiger partial charge in [-0.3, -0.25) is 9.78 Å². The van der Waals surface area contributed by atoms with E-state index in [0.29, 0.717) is 41.9 Å². The summed E-state index contributed by atoms with van der Waals surface area (Å²) in [6, 6.07) is 8.06. The number of rotatable bonds is 2. The number of nitrogens with one attached hydrogen (secondary N) is 1. The number of nitrogen functional groups attached to an aromatic ring is 1. The molecule has 4 aromatic rings. The summed E-state index contributed by atoms with van der Waals surface area (Å²) in [6.07, 6.45) is 3.06. The number of halogens is 2. The fourth-order valence-electron chi connectivity index (χ4n) is 2.79. The van der Waals surface area contributed by atoms with E-state index < -0.39 is 0 Å². The van der Waals surface area contributed by atoms with Gasteiger partial charge in [-0.25, -0.2) is 0 Å². The van der Waals surface area contributed by atoms with Crippen LogP contribution in [0.15, 0.2) is 47.1 Å². The molecule has 0 aliphatic rings. The quantitative estimate of drug-likeness (QED) is 0.284. The van der Waals surface area contributed by atoms with Gasteiger partial charge >= 0.3 is 0 Å². The Balaban J connectivity index is 1.91. The van der Waals surface area contributed by atoms with Crippen LogP contribution in [0.4, 0.5) is 11.4 Å². The van der Waals surface area contributed by atoms with Crippen LogP contribution in [-0.2, 0) is 0 Å².